The molecule has 0 aliphatic heterocycles. The Morgan fingerprint density at radius 1 is 1.10 bits per heavy atom. The lowest BCUT2D eigenvalue weighted by molar-refractivity contribution is 0.149. The molecule has 2 atom stereocenters. The lowest BCUT2D eigenvalue weighted by Gasteiger charge is -2.22. The zero-order valence-electron chi connectivity index (χ0n) is 14.5. The monoisotopic (exact) mass is 291 g/mol. The molecule has 0 radical (unpaired) electrons. The Labute approximate surface area is 131 Å². The van der Waals surface area contributed by atoms with Gasteiger partial charge in [-0.05, 0) is 48.8 Å². The number of nitrogens with one attached hydrogen (secondary N) is 1. The fraction of sp³-hybridized carbons (Fsp3) is 0.684. The molecule has 0 amide bonds. The van der Waals surface area contributed by atoms with Crippen LogP contribution in [0.5, 0.6) is 0 Å². The van der Waals surface area contributed by atoms with Gasteiger partial charge in [0.2, 0.25) is 0 Å². The summed E-state index contributed by atoms with van der Waals surface area (Å²) in [6, 6.07) is 9.67. The van der Waals surface area contributed by atoms with Crippen LogP contribution in [0.4, 0.5) is 0 Å². The van der Waals surface area contributed by atoms with Crippen LogP contribution in [-0.2, 0) is 11.2 Å². The predicted octanol–water partition coefficient (Wildman–Crippen LogP) is 4.39. The molecular weight excluding hydrogens is 258 g/mol. The van der Waals surface area contributed by atoms with E-state index in [1.165, 1.54) is 24.0 Å². The molecule has 0 spiro atoms. The Morgan fingerprint density at radius 2 is 1.76 bits per heavy atom. The van der Waals surface area contributed by atoms with Gasteiger partial charge in [-0.3, -0.25) is 0 Å². The summed E-state index contributed by atoms with van der Waals surface area (Å²) in [7, 11) is 1.79. The summed E-state index contributed by atoms with van der Waals surface area (Å²) < 4.78 is 5.27. The third-order valence-corrected chi connectivity index (χ3v) is 3.95. The summed E-state index contributed by atoms with van der Waals surface area (Å²) in [6.07, 6.45) is 3.45. The Kier molecular flexibility index (Phi) is 8.63. The van der Waals surface area contributed by atoms with E-state index in [1.807, 2.05) is 0 Å². The number of ether oxygens (including phenoxy) is 1. The molecule has 0 aliphatic carbocycles. The van der Waals surface area contributed by atoms with Crippen molar-refractivity contribution in [3.8, 4) is 0 Å². The lowest BCUT2D eigenvalue weighted by Crippen LogP contribution is -2.34. The van der Waals surface area contributed by atoms with Gasteiger partial charge < -0.3 is 10.1 Å². The molecular formula is C19H33NO. The van der Waals surface area contributed by atoms with E-state index in [0.717, 1.165) is 19.6 Å². The number of hydrogen-bond acceptors (Lipinski definition) is 2. The topological polar surface area (TPSA) is 21.3 Å². The molecule has 1 aromatic rings. The van der Waals surface area contributed by atoms with Crippen LogP contribution in [0.15, 0.2) is 24.3 Å². The van der Waals surface area contributed by atoms with Crippen LogP contribution in [0.1, 0.15) is 57.6 Å². The highest BCUT2D eigenvalue weighted by Crippen LogP contribution is 2.17. The molecule has 0 fully saturated rings. The maximum Gasteiger partial charge on any atom is 0.0488 e. The van der Waals surface area contributed by atoms with E-state index >= 15 is 0 Å². The van der Waals surface area contributed by atoms with Crippen LogP contribution in [0.2, 0.25) is 0 Å². The van der Waals surface area contributed by atoms with E-state index in [2.05, 4.69) is 57.3 Å². The van der Waals surface area contributed by atoms with Crippen molar-refractivity contribution in [2.75, 3.05) is 20.3 Å². The van der Waals surface area contributed by atoms with Gasteiger partial charge in [-0.25, -0.2) is 0 Å². The van der Waals surface area contributed by atoms with Crippen LogP contribution >= 0.6 is 0 Å². The van der Waals surface area contributed by atoms with Gasteiger partial charge in [-0.15, -0.1) is 0 Å². The largest absolute Gasteiger partial charge is 0.384 e. The smallest absolute Gasteiger partial charge is 0.0488 e. The first-order chi connectivity index (χ1) is 10.1. The molecule has 1 rings (SSSR count). The molecule has 0 aliphatic rings. The van der Waals surface area contributed by atoms with E-state index < -0.39 is 0 Å². The van der Waals surface area contributed by atoms with Gasteiger partial charge in [0.05, 0.1) is 0 Å². The third kappa shape index (κ3) is 7.10. The van der Waals surface area contributed by atoms with E-state index in [9.17, 15) is 0 Å². The van der Waals surface area contributed by atoms with Crippen LogP contribution in [0.25, 0.3) is 0 Å². The summed E-state index contributed by atoms with van der Waals surface area (Å²) >= 11 is 0. The van der Waals surface area contributed by atoms with Crippen LogP contribution in [-0.4, -0.2) is 26.3 Å². The molecule has 21 heavy (non-hydrogen) atoms. The Balaban J connectivity index is 2.61. The molecule has 1 N–H and O–H groups in total. The Hall–Kier alpha value is -0.860. The minimum Gasteiger partial charge on any atom is -0.384 e. The van der Waals surface area contributed by atoms with Crippen molar-refractivity contribution < 1.29 is 4.74 Å². The minimum atomic E-state index is 0.542. The molecule has 2 heteroatoms. The highest BCUT2D eigenvalue weighted by molar-refractivity contribution is 5.25. The van der Waals surface area contributed by atoms with Crippen LogP contribution in [0, 0.1) is 5.92 Å². The standard InChI is InChI=1S/C19H33NO/c1-6-11-20-19(12-16(4)14-21-5)13-17-7-9-18(10-8-17)15(2)3/h7-10,15-16,19-20H,6,11-14H2,1-5H3. The molecule has 0 heterocycles. The van der Waals surface area contributed by atoms with Gasteiger partial charge in [0.25, 0.3) is 0 Å². The Bertz CT molecular complexity index is 372. The SMILES string of the molecule is CCCNC(Cc1ccc(C(C)C)cc1)CC(C)COC. The maximum absolute atomic E-state index is 5.27. The average molecular weight is 291 g/mol. The highest BCUT2D eigenvalue weighted by Gasteiger charge is 2.13. The fourth-order valence-electron chi connectivity index (χ4n) is 2.75. The van der Waals surface area contributed by atoms with Crippen molar-refractivity contribution in [3.63, 3.8) is 0 Å². The summed E-state index contributed by atoms with van der Waals surface area (Å²) in [5, 5.41) is 3.69. The Morgan fingerprint density at radius 3 is 2.29 bits per heavy atom. The van der Waals surface area contributed by atoms with Crippen LogP contribution < -0.4 is 5.32 Å². The summed E-state index contributed by atoms with van der Waals surface area (Å²) in [4.78, 5) is 0. The highest BCUT2D eigenvalue weighted by atomic mass is 16.5. The number of methoxy groups -OCH3 is 1. The third-order valence-electron chi connectivity index (χ3n) is 3.95. The second kappa shape index (κ2) is 9.97. The van der Waals surface area contributed by atoms with Gasteiger partial charge in [-0.1, -0.05) is 52.0 Å². The fourth-order valence-corrected chi connectivity index (χ4v) is 2.75. The summed E-state index contributed by atoms with van der Waals surface area (Å²) in [5.41, 5.74) is 2.85. The predicted molar refractivity (Wildman–Crippen MR) is 92.0 cm³/mol. The summed E-state index contributed by atoms with van der Waals surface area (Å²) in [6.45, 7) is 10.9. The molecule has 0 aromatic heterocycles. The van der Waals surface area contributed by atoms with Crippen LogP contribution in [0.3, 0.4) is 0 Å². The maximum atomic E-state index is 5.27. The van der Waals surface area contributed by atoms with E-state index in [4.69, 9.17) is 4.74 Å². The van der Waals surface area contributed by atoms with Crippen molar-refractivity contribution in [1.29, 1.82) is 0 Å². The minimum absolute atomic E-state index is 0.542. The normalized spacial score (nSPS) is 14.4. The second-order valence-electron chi connectivity index (χ2n) is 6.55. The second-order valence-corrected chi connectivity index (χ2v) is 6.55. The first kappa shape index (κ1) is 18.2. The number of rotatable bonds is 10. The molecule has 0 saturated carbocycles. The zero-order valence-corrected chi connectivity index (χ0v) is 14.5. The van der Waals surface area contributed by atoms with Gasteiger partial charge in [-0.2, -0.15) is 0 Å². The molecule has 120 valence electrons. The van der Waals surface area contributed by atoms with E-state index in [0.29, 0.717) is 17.9 Å². The first-order valence-corrected chi connectivity index (χ1v) is 8.37. The van der Waals surface area contributed by atoms with Crippen molar-refractivity contribution in [2.45, 2.75) is 58.9 Å². The van der Waals surface area contributed by atoms with Crippen molar-refractivity contribution in [2.24, 2.45) is 5.92 Å². The van der Waals surface area contributed by atoms with Gasteiger partial charge >= 0.3 is 0 Å². The van der Waals surface area contributed by atoms with Crippen molar-refractivity contribution >= 4 is 0 Å². The average Bonchev–Trinajstić information content (AvgIpc) is 2.45. The molecule has 1 aromatic carbocycles. The van der Waals surface area contributed by atoms with Gasteiger partial charge in [0, 0.05) is 19.8 Å². The van der Waals surface area contributed by atoms with Gasteiger partial charge in [0.15, 0.2) is 0 Å². The zero-order chi connectivity index (χ0) is 15.7. The molecule has 0 saturated heterocycles. The molecule has 2 nitrogen and oxygen atoms in total. The molecule has 2 unspecified atom stereocenters. The molecule has 0 bridgehead atoms. The first-order valence-electron chi connectivity index (χ1n) is 8.37. The van der Waals surface area contributed by atoms with E-state index in [-0.39, 0.29) is 0 Å². The van der Waals surface area contributed by atoms with Crippen molar-refractivity contribution in [1.82, 2.24) is 5.32 Å². The lowest BCUT2D eigenvalue weighted by atomic mass is 9.94. The van der Waals surface area contributed by atoms with Gasteiger partial charge in [0.1, 0.15) is 0 Å². The number of benzene rings is 1. The van der Waals surface area contributed by atoms with E-state index in [1.54, 1.807) is 7.11 Å². The van der Waals surface area contributed by atoms with Crippen molar-refractivity contribution in [3.05, 3.63) is 35.4 Å². The quantitative estimate of drug-likeness (QED) is 0.690. The summed E-state index contributed by atoms with van der Waals surface area (Å²) in [5.74, 6) is 1.20. The number of hydrogen-bond donors (Lipinski definition) is 1.